The summed E-state index contributed by atoms with van der Waals surface area (Å²) in [5, 5.41) is 13.4. The third-order valence-corrected chi connectivity index (χ3v) is 3.97. The first-order valence-corrected chi connectivity index (χ1v) is 7.80. The number of nitrogens with zero attached hydrogens (tertiary/aromatic N) is 4. The van der Waals surface area contributed by atoms with Gasteiger partial charge in [0.2, 0.25) is 0 Å². The quantitative estimate of drug-likeness (QED) is 0.551. The summed E-state index contributed by atoms with van der Waals surface area (Å²) in [5.74, 6) is -0.101. The fourth-order valence-electron chi connectivity index (χ4n) is 2.72. The van der Waals surface area contributed by atoms with Gasteiger partial charge in [0.1, 0.15) is 11.0 Å². The second-order valence-electron chi connectivity index (χ2n) is 5.56. The predicted octanol–water partition coefficient (Wildman–Crippen LogP) is 2.13. The highest BCUT2D eigenvalue weighted by Crippen LogP contribution is 2.12. The molecule has 2 heterocycles. The largest absolute Gasteiger partial charge is 0.352 e. The Labute approximate surface area is 137 Å². The average Bonchev–Trinajstić information content (AvgIpc) is 3.24. The number of fused-ring (bicyclic) bond motifs is 2. The van der Waals surface area contributed by atoms with E-state index >= 15 is 0 Å². The summed E-state index contributed by atoms with van der Waals surface area (Å²) >= 11 is 0. The lowest BCUT2D eigenvalue weighted by Crippen LogP contribution is -2.25. The minimum atomic E-state index is -0.101. The summed E-state index contributed by atoms with van der Waals surface area (Å²) < 4.78 is 2.10. The van der Waals surface area contributed by atoms with Crippen molar-refractivity contribution < 1.29 is 4.79 Å². The number of para-hydroxylation sites is 2. The van der Waals surface area contributed by atoms with Crippen LogP contribution in [0.2, 0.25) is 0 Å². The summed E-state index contributed by atoms with van der Waals surface area (Å²) in [4.78, 5) is 16.6. The summed E-state index contributed by atoms with van der Waals surface area (Å²) in [6.45, 7) is 1.41. The molecule has 0 aliphatic heterocycles. The predicted molar refractivity (Wildman–Crippen MR) is 90.6 cm³/mol. The van der Waals surface area contributed by atoms with E-state index in [0.29, 0.717) is 17.6 Å². The number of aromatic amines is 1. The van der Waals surface area contributed by atoms with Gasteiger partial charge < -0.3 is 9.88 Å². The van der Waals surface area contributed by atoms with Gasteiger partial charge in [-0.05, 0) is 36.8 Å². The van der Waals surface area contributed by atoms with E-state index in [1.54, 1.807) is 18.2 Å². The molecule has 2 aromatic heterocycles. The molecular formula is C17H16N6O. The molecule has 7 heteroatoms. The van der Waals surface area contributed by atoms with Crippen LogP contribution in [0.5, 0.6) is 0 Å². The van der Waals surface area contributed by atoms with Crippen molar-refractivity contribution in [2.75, 3.05) is 6.54 Å². The number of aryl methyl sites for hydroxylation is 1. The summed E-state index contributed by atoms with van der Waals surface area (Å²) in [5.41, 5.74) is 4.12. The maximum absolute atomic E-state index is 12.2. The van der Waals surface area contributed by atoms with Crippen molar-refractivity contribution in [2.24, 2.45) is 0 Å². The molecule has 0 unspecified atom stereocenters. The van der Waals surface area contributed by atoms with Crippen LogP contribution < -0.4 is 5.32 Å². The van der Waals surface area contributed by atoms with E-state index in [9.17, 15) is 4.79 Å². The van der Waals surface area contributed by atoms with Crippen molar-refractivity contribution in [3.63, 3.8) is 0 Å². The molecule has 4 rings (SSSR count). The number of hydrogen-bond acceptors (Lipinski definition) is 4. The van der Waals surface area contributed by atoms with Gasteiger partial charge in [-0.1, -0.05) is 12.1 Å². The topological polar surface area (TPSA) is 88.5 Å². The van der Waals surface area contributed by atoms with E-state index in [0.717, 1.165) is 29.5 Å². The first kappa shape index (κ1) is 14.4. The summed E-state index contributed by atoms with van der Waals surface area (Å²) in [6, 6.07) is 13.3. The van der Waals surface area contributed by atoms with Gasteiger partial charge in [-0.3, -0.25) is 4.79 Å². The average molecular weight is 320 g/mol. The van der Waals surface area contributed by atoms with Crippen molar-refractivity contribution in [1.29, 1.82) is 0 Å². The Morgan fingerprint density at radius 1 is 1.08 bits per heavy atom. The smallest absolute Gasteiger partial charge is 0.251 e. The lowest BCUT2D eigenvalue weighted by Gasteiger charge is -2.07. The first-order chi connectivity index (χ1) is 11.8. The molecule has 1 amide bonds. The van der Waals surface area contributed by atoms with E-state index < -0.39 is 0 Å². The lowest BCUT2D eigenvalue weighted by atomic mass is 10.2. The van der Waals surface area contributed by atoms with E-state index in [1.165, 1.54) is 0 Å². The van der Waals surface area contributed by atoms with E-state index in [4.69, 9.17) is 0 Å². The second kappa shape index (κ2) is 6.11. The molecule has 2 N–H and O–H groups in total. The Balaban J connectivity index is 1.34. The number of amides is 1. The molecule has 0 saturated carbocycles. The molecule has 0 aliphatic carbocycles. The summed E-state index contributed by atoms with van der Waals surface area (Å²) in [7, 11) is 0. The maximum Gasteiger partial charge on any atom is 0.251 e. The van der Waals surface area contributed by atoms with Gasteiger partial charge >= 0.3 is 0 Å². The molecule has 0 bridgehead atoms. The Bertz CT molecular complexity index is 1000. The van der Waals surface area contributed by atoms with Crippen LogP contribution in [0, 0.1) is 0 Å². The Kier molecular flexibility index (Phi) is 3.66. The van der Waals surface area contributed by atoms with Crippen LogP contribution in [-0.4, -0.2) is 37.4 Å². The minimum absolute atomic E-state index is 0.101. The van der Waals surface area contributed by atoms with Gasteiger partial charge in [0.15, 0.2) is 0 Å². The monoisotopic (exact) mass is 320 g/mol. The highest BCUT2D eigenvalue weighted by Gasteiger charge is 2.08. The van der Waals surface area contributed by atoms with Crippen molar-refractivity contribution in [3.05, 3.63) is 54.4 Å². The van der Waals surface area contributed by atoms with Crippen LogP contribution in [0.4, 0.5) is 0 Å². The zero-order chi connectivity index (χ0) is 16.4. The number of hydrogen-bond donors (Lipinski definition) is 2. The Hall–Kier alpha value is -3.22. The molecule has 0 atom stereocenters. The number of benzene rings is 2. The number of nitrogens with one attached hydrogen (secondary N) is 2. The van der Waals surface area contributed by atoms with E-state index in [2.05, 4.69) is 30.3 Å². The maximum atomic E-state index is 12.2. The fraction of sp³-hybridized carbons (Fsp3) is 0.176. The van der Waals surface area contributed by atoms with Gasteiger partial charge in [-0.15, -0.1) is 0 Å². The molecule has 0 radical (unpaired) electrons. The van der Waals surface area contributed by atoms with Crippen molar-refractivity contribution in [2.45, 2.75) is 13.0 Å². The van der Waals surface area contributed by atoms with Gasteiger partial charge in [-0.25, -0.2) is 4.98 Å². The zero-order valence-corrected chi connectivity index (χ0v) is 12.9. The van der Waals surface area contributed by atoms with Gasteiger partial charge in [-0.2, -0.15) is 15.4 Å². The number of carbonyl (C=O) groups is 1. The molecule has 7 nitrogen and oxygen atoms in total. The molecule has 2 aromatic carbocycles. The van der Waals surface area contributed by atoms with Crippen LogP contribution in [0.1, 0.15) is 16.8 Å². The van der Waals surface area contributed by atoms with Gasteiger partial charge in [0.05, 0.1) is 17.4 Å². The van der Waals surface area contributed by atoms with E-state index in [1.807, 2.05) is 30.6 Å². The van der Waals surface area contributed by atoms with Gasteiger partial charge in [0, 0.05) is 18.7 Å². The zero-order valence-electron chi connectivity index (χ0n) is 12.9. The molecule has 4 aromatic rings. The summed E-state index contributed by atoms with van der Waals surface area (Å²) in [6.07, 6.45) is 2.67. The number of imidazole rings is 1. The number of aromatic nitrogens is 5. The third-order valence-electron chi connectivity index (χ3n) is 3.97. The van der Waals surface area contributed by atoms with Crippen molar-refractivity contribution in [3.8, 4) is 0 Å². The van der Waals surface area contributed by atoms with Crippen LogP contribution >= 0.6 is 0 Å². The van der Waals surface area contributed by atoms with Crippen LogP contribution in [0.3, 0.4) is 0 Å². The Morgan fingerprint density at radius 2 is 1.96 bits per heavy atom. The van der Waals surface area contributed by atoms with Crippen molar-refractivity contribution in [1.82, 2.24) is 30.3 Å². The highest BCUT2D eigenvalue weighted by atomic mass is 16.1. The molecule has 0 saturated heterocycles. The number of rotatable bonds is 5. The van der Waals surface area contributed by atoms with Crippen LogP contribution in [-0.2, 0) is 6.54 Å². The molecule has 120 valence electrons. The molecule has 24 heavy (non-hydrogen) atoms. The fourth-order valence-corrected chi connectivity index (χ4v) is 2.72. The second-order valence-corrected chi connectivity index (χ2v) is 5.56. The Morgan fingerprint density at radius 3 is 2.92 bits per heavy atom. The first-order valence-electron chi connectivity index (χ1n) is 7.80. The highest BCUT2D eigenvalue weighted by molar-refractivity contribution is 5.97. The number of H-pyrrole nitrogens is 1. The normalized spacial score (nSPS) is 11.2. The van der Waals surface area contributed by atoms with Crippen molar-refractivity contribution >= 4 is 28.0 Å². The van der Waals surface area contributed by atoms with Crippen LogP contribution in [0.15, 0.2) is 48.8 Å². The minimum Gasteiger partial charge on any atom is -0.352 e. The standard InChI is InChI=1S/C17H16N6O/c24-17(12-6-7-13-15(10-12)21-22-20-13)18-8-3-9-23-11-19-14-4-1-2-5-16(14)23/h1-2,4-7,10-11H,3,8-9H2,(H,18,24)(H,20,21,22). The number of carbonyl (C=O) groups excluding carboxylic acids is 1. The van der Waals surface area contributed by atoms with Crippen LogP contribution in [0.25, 0.3) is 22.1 Å². The SMILES string of the molecule is O=C(NCCCn1cnc2ccccc21)c1ccc2n[nH]nc2c1. The van der Waals surface area contributed by atoms with E-state index in [-0.39, 0.29) is 5.91 Å². The lowest BCUT2D eigenvalue weighted by molar-refractivity contribution is 0.0953. The third kappa shape index (κ3) is 2.71. The molecule has 0 aliphatic rings. The molecular weight excluding hydrogens is 304 g/mol. The van der Waals surface area contributed by atoms with Gasteiger partial charge in [0.25, 0.3) is 5.91 Å². The molecule has 0 spiro atoms. The molecule has 0 fully saturated rings.